The highest BCUT2D eigenvalue weighted by Gasteiger charge is 2.10. The predicted octanol–water partition coefficient (Wildman–Crippen LogP) is 3.33. The van der Waals surface area contributed by atoms with E-state index in [1.54, 1.807) is 13.3 Å². The van der Waals surface area contributed by atoms with Crippen LogP contribution in [0.3, 0.4) is 0 Å². The summed E-state index contributed by atoms with van der Waals surface area (Å²) in [5.74, 6) is 1.80. The quantitative estimate of drug-likeness (QED) is 0.905. The van der Waals surface area contributed by atoms with Crippen molar-refractivity contribution in [3.8, 4) is 5.75 Å². The first-order valence-corrected chi connectivity index (χ1v) is 6.64. The Kier molecular flexibility index (Phi) is 4.45. The molecule has 1 unspecified atom stereocenters. The second-order valence-electron chi connectivity index (χ2n) is 4.91. The molecule has 0 bridgehead atoms. The average Bonchev–Trinajstić information content (AvgIpc) is 2.47. The number of methoxy groups -OCH3 is 1. The molecule has 0 aliphatic heterocycles. The summed E-state index contributed by atoms with van der Waals surface area (Å²) in [6.07, 6.45) is 1.80. The van der Waals surface area contributed by atoms with E-state index in [2.05, 4.69) is 23.3 Å². The van der Waals surface area contributed by atoms with E-state index in [0.29, 0.717) is 0 Å². The molecule has 1 N–H and O–H groups in total. The highest BCUT2D eigenvalue weighted by molar-refractivity contribution is 5.65. The van der Waals surface area contributed by atoms with Crippen molar-refractivity contribution in [3.63, 3.8) is 0 Å². The summed E-state index contributed by atoms with van der Waals surface area (Å²) >= 11 is 0. The minimum atomic E-state index is 0.174. The van der Waals surface area contributed by atoms with E-state index in [1.807, 2.05) is 49.3 Å². The van der Waals surface area contributed by atoms with Gasteiger partial charge in [0.05, 0.1) is 12.8 Å². The Labute approximate surface area is 120 Å². The molecule has 0 spiro atoms. The van der Waals surface area contributed by atoms with Crippen LogP contribution in [0, 0.1) is 0 Å². The van der Waals surface area contributed by atoms with Crippen LogP contribution in [0.25, 0.3) is 0 Å². The molecule has 0 aliphatic carbocycles. The fourth-order valence-electron chi connectivity index (χ4n) is 2.09. The van der Waals surface area contributed by atoms with Crippen LogP contribution in [0.15, 0.2) is 42.6 Å². The van der Waals surface area contributed by atoms with Crippen LogP contribution in [-0.4, -0.2) is 26.2 Å². The predicted molar refractivity (Wildman–Crippen MR) is 83.6 cm³/mol. The van der Waals surface area contributed by atoms with Crippen LogP contribution < -0.4 is 15.0 Å². The molecule has 1 heterocycles. The van der Waals surface area contributed by atoms with Gasteiger partial charge in [-0.25, -0.2) is 4.98 Å². The molecule has 2 aromatic rings. The van der Waals surface area contributed by atoms with Gasteiger partial charge in [0, 0.05) is 26.3 Å². The van der Waals surface area contributed by atoms with Crippen LogP contribution in [0.5, 0.6) is 5.75 Å². The van der Waals surface area contributed by atoms with E-state index in [9.17, 15) is 0 Å². The number of ether oxygens (including phenoxy) is 1. The van der Waals surface area contributed by atoms with Gasteiger partial charge in [0.25, 0.3) is 0 Å². The zero-order valence-corrected chi connectivity index (χ0v) is 12.4. The molecule has 1 aromatic carbocycles. The second-order valence-corrected chi connectivity index (χ2v) is 4.91. The average molecular weight is 271 g/mol. The van der Waals surface area contributed by atoms with E-state index in [4.69, 9.17) is 4.74 Å². The highest BCUT2D eigenvalue weighted by atomic mass is 16.5. The van der Waals surface area contributed by atoms with Gasteiger partial charge in [0.15, 0.2) is 5.82 Å². The number of aromatic nitrogens is 1. The van der Waals surface area contributed by atoms with Gasteiger partial charge in [-0.05, 0) is 36.8 Å². The Morgan fingerprint density at radius 3 is 2.70 bits per heavy atom. The number of hydrogen-bond donors (Lipinski definition) is 1. The Balaban J connectivity index is 2.21. The minimum Gasteiger partial charge on any atom is -0.497 e. The van der Waals surface area contributed by atoms with E-state index in [-0.39, 0.29) is 6.04 Å². The van der Waals surface area contributed by atoms with E-state index >= 15 is 0 Å². The zero-order valence-electron chi connectivity index (χ0n) is 12.4. The summed E-state index contributed by atoms with van der Waals surface area (Å²) < 4.78 is 5.27. The second kappa shape index (κ2) is 6.28. The lowest BCUT2D eigenvalue weighted by Gasteiger charge is -2.21. The molecular formula is C16H21N3O. The lowest BCUT2D eigenvalue weighted by molar-refractivity contribution is 0.414. The van der Waals surface area contributed by atoms with Crippen molar-refractivity contribution in [2.45, 2.75) is 13.0 Å². The van der Waals surface area contributed by atoms with Gasteiger partial charge in [-0.2, -0.15) is 0 Å². The smallest absolute Gasteiger partial charge is 0.151 e. The third kappa shape index (κ3) is 3.20. The molecule has 106 valence electrons. The molecule has 0 radical (unpaired) electrons. The van der Waals surface area contributed by atoms with Crippen LogP contribution in [0.1, 0.15) is 18.5 Å². The van der Waals surface area contributed by atoms with Crippen LogP contribution in [-0.2, 0) is 0 Å². The van der Waals surface area contributed by atoms with Crippen molar-refractivity contribution >= 4 is 11.5 Å². The number of pyridine rings is 1. The summed E-state index contributed by atoms with van der Waals surface area (Å²) in [5, 5.41) is 3.50. The standard InChI is InChI=1S/C16H21N3O/c1-12(13-7-5-8-14(11-13)20-4)18-15-9-6-10-17-16(15)19(2)3/h5-12,18H,1-4H3. The van der Waals surface area contributed by atoms with Gasteiger partial charge in [-0.1, -0.05) is 12.1 Å². The summed E-state index contributed by atoms with van der Waals surface area (Å²) in [5.41, 5.74) is 2.20. The zero-order chi connectivity index (χ0) is 14.5. The van der Waals surface area contributed by atoms with Gasteiger partial charge in [-0.3, -0.25) is 0 Å². The van der Waals surface area contributed by atoms with E-state index in [0.717, 1.165) is 17.3 Å². The molecule has 0 saturated heterocycles. The van der Waals surface area contributed by atoms with Crippen molar-refractivity contribution in [3.05, 3.63) is 48.2 Å². The van der Waals surface area contributed by atoms with E-state index < -0.39 is 0 Å². The Bertz CT molecular complexity index is 569. The van der Waals surface area contributed by atoms with Crippen LogP contribution >= 0.6 is 0 Å². The Morgan fingerprint density at radius 1 is 1.20 bits per heavy atom. The van der Waals surface area contributed by atoms with Gasteiger partial charge < -0.3 is 15.0 Å². The van der Waals surface area contributed by atoms with Crippen molar-refractivity contribution in [1.82, 2.24) is 4.98 Å². The first kappa shape index (κ1) is 14.2. The molecule has 0 fully saturated rings. The molecular weight excluding hydrogens is 250 g/mol. The molecule has 0 saturated carbocycles. The number of rotatable bonds is 5. The maximum absolute atomic E-state index is 5.27. The number of anilines is 2. The number of nitrogens with zero attached hydrogens (tertiary/aromatic N) is 2. The van der Waals surface area contributed by atoms with Gasteiger partial charge in [-0.15, -0.1) is 0 Å². The molecule has 20 heavy (non-hydrogen) atoms. The molecule has 4 nitrogen and oxygen atoms in total. The number of nitrogens with one attached hydrogen (secondary N) is 1. The van der Waals surface area contributed by atoms with Crippen LogP contribution in [0.4, 0.5) is 11.5 Å². The van der Waals surface area contributed by atoms with Crippen molar-refractivity contribution in [2.24, 2.45) is 0 Å². The van der Waals surface area contributed by atoms with E-state index in [1.165, 1.54) is 5.56 Å². The topological polar surface area (TPSA) is 37.4 Å². The Morgan fingerprint density at radius 2 is 2.00 bits per heavy atom. The van der Waals surface area contributed by atoms with Crippen molar-refractivity contribution in [1.29, 1.82) is 0 Å². The molecule has 2 rings (SSSR count). The van der Waals surface area contributed by atoms with Gasteiger partial charge >= 0.3 is 0 Å². The third-order valence-electron chi connectivity index (χ3n) is 3.18. The van der Waals surface area contributed by atoms with Gasteiger partial charge in [0.2, 0.25) is 0 Å². The fraction of sp³-hybridized carbons (Fsp3) is 0.312. The van der Waals surface area contributed by atoms with Crippen molar-refractivity contribution in [2.75, 3.05) is 31.4 Å². The summed E-state index contributed by atoms with van der Waals surface area (Å²) in [4.78, 5) is 6.40. The largest absolute Gasteiger partial charge is 0.497 e. The lowest BCUT2D eigenvalue weighted by atomic mass is 10.1. The monoisotopic (exact) mass is 271 g/mol. The molecule has 4 heteroatoms. The maximum Gasteiger partial charge on any atom is 0.151 e. The number of hydrogen-bond acceptors (Lipinski definition) is 4. The summed E-state index contributed by atoms with van der Waals surface area (Å²) in [6.45, 7) is 2.13. The number of benzene rings is 1. The van der Waals surface area contributed by atoms with Gasteiger partial charge in [0.1, 0.15) is 5.75 Å². The summed E-state index contributed by atoms with van der Waals surface area (Å²) in [7, 11) is 5.66. The minimum absolute atomic E-state index is 0.174. The SMILES string of the molecule is COc1cccc(C(C)Nc2cccnc2N(C)C)c1. The third-order valence-corrected chi connectivity index (χ3v) is 3.18. The maximum atomic E-state index is 5.27. The molecule has 0 amide bonds. The van der Waals surface area contributed by atoms with Crippen LogP contribution in [0.2, 0.25) is 0 Å². The molecule has 0 aliphatic rings. The lowest BCUT2D eigenvalue weighted by Crippen LogP contribution is -2.15. The first-order chi connectivity index (χ1) is 9.61. The normalized spacial score (nSPS) is 11.8. The molecule has 1 aromatic heterocycles. The molecule has 1 atom stereocenters. The summed E-state index contributed by atoms with van der Waals surface area (Å²) in [6, 6.07) is 12.2. The van der Waals surface area contributed by atoms with Crippen molar-refractivity contribution < 1.29 is 4.74 Å². The first-order valence-electron chi connectivity index (χ1n) is 6.64. The highest BCUT2D eigenvalue weighted by Crippen LogP contribution is 2.27. The Hall–Kier alpha value is -2.23. The fourth-order valence-corrected chi connectivity index (χ4v) is 2.09.